The second kappa shape index (κ2) is 7.82. The van der Waals surface area contributed by atoms with Gasteiger partial charge in [0.05, 0.1) is 19.3 Å². The summed E-state index contributed by atoms with van der Waals surface area (Å²) >= 11 is 5.92. The minimum Gasteiger partial charge on any atom is -0.496 e. The van der Waals surface area contributed by atoms with Crippen molar-refractivity contribution in [3.63, 3.8) is 0 Å². The Bertz CT molecular complexity index is 641. The first-order valence-electron chi connectivity index (χ1n) is 6.94. The summed E-state index contributed by atoms with van der Waals surface area (Å²) in [5, 5.41) is 12.3. The van der Waals surface area contributed by atoms with E-state index in [-0.39, 0.29) is 12.5 Å². The third-order valence-electron chi connectivity index (χ3n) is 3.31. The van der Waals surface area contributed by atoms with E-state index in [4.69, 9.17) is 21.4 Å². The van der Waals surface area contributed by atoms with E-state index in [9.17, 15) is 4.79 Å². The first-order chi connectivity index (χ1) is 10.6. The molecule has 0 saturated carbocycles. The van der Waals surface area contributed by atoms with Crippen LogP contribution in [0.4, 0.5) is 0 Å². The zero-order valence-electron chi connectivity index (χ0n) is 12.3. The van der Waals surface area contributed by atoms with E-state index >= 15 is 0 Å². The molecule has 0 atom stereocenters. The van der Waals surface area contributed by atoms with Gasteiger partial charge in [0.1, 0.15) is 5.75 Å². The highest BCUT2D eigenvalue weighted by molar-refractivity contribution is 6.31. The molecule has 116 valence electrons. The number of methoxy groups -OCH3 is 1. The first kappa shape index (κ1) is 16.3. The number of hydrogen-bond donors (Lipinski definition) is 2. The van der Waals surface area contributed by atoms with Crippen LogP contribution >= 0.6 is 11.6 Å². The standard InChI is InChI=1S/C17H18ClNO3/c1-22-16-7-6-14(18)10-15(16)17(21)19-9-8-12-2-4-13(11-20)5-3-12/h2-7,10,20H,8-9,11H2,1H3,(H,19,21). The minimum absolute atomic E-state index is 0.0333. The number of halogens is 1. The van der Waals surface area contributed by atoms with Gasteiger partial charge in [0, 0.05) is 11.6 Å². The molecule has 0 bridgehead atoms. The van der Waals surface area contributed by atoms with Crippen molar-refractivity contribution in [2.24, 2.45) is 0 Å². The van der Waals surface area contributed by atoms with E-state index in [0.717, 1.165) is 11.1 Å². The molecule has 0 fully saturated rings. The molecule has 1 amide bonds. The van der Waals surface area contributed by atoms with Gasteiger partial charge in [0.25, 0.3) is 5.91 Å². The number of ether oxygens (including phenoxy) is 1. The first-order valence-corrected chi connectivity index (χ1v) is 7.32. The van der Waals surface area contributed by atoms with Crippen LogP contribution in [0.1, 0.15) is 21.5 Å². The number of rotatable bonds is 6. The Balaban J connectivity index is 1.93. The Morgan fingerprint density at radius 3 is 2.50 bits per heavy atom. The van der Waals surface area contributed by atoms with Gasteiger partial charge in [-0.25, -0.2) is 0 Å². The number of amides is 1. The lowest BCUT2D eigenvalue weighted by atomic mass is 10.1. The fourth-order valence-corrected chi connectivity index (χ4v) is 2.26. The van der Waals surface area contributed by atoms with Crippen LogP contribution in [0.25, 0.3) is 0 Å². The number of carbonyl (C=O) groups is 1. The van der Waals surface area contributed by atoms with Crippen molar-refractivity contribution in [2.45, 2.75) is 13.0 Å². The summed E-state index contributed by atoms with van der Waals surface area (Å²) < 4.78 is 5.17. The van der Waals surface area contributed by atoms with Gasteiger partial charge in [-0.1, -0.05) is 35.9 Å². The van der Waals surface area contributed by atoms with Crippen LogP contribution in [0.3, 0.4) is 0 Å². The molecular formula is C17H18ClNO3. The van der Waals surface area contributed by atoms with Crippen molar-refractivity contribution in [2.75, 3.05) is 13.7 Å². The minimum atomic E-state index is -0.216. The molecule has 0 saturated heterocycles. The van der Waals surface area contributed by atoms with Crippen LogP contribution in [-0.4, -0.2) is 24.7 Å². The molecule has 0 unspecified atom stereocenters. The molecule has 2 aromatic rings. The van der Waals surface area contributed by atoms with E-state index in [1.807, 2.05) is 24.3 Å². The number of nitrogens with one attached hydrogen (secondary N) is 1. The summed E-state index contributed by atoms with van der Waals surface area (Å²) in [6.07, 6.45) is 0.709. The van der Waals surface area contributed by atoms with Crippen LogP contribution in [0.5, 0.6) is 5.75 Å². The maximum atomic E-state index is 12.2. The molecule has 5 heteroatoms. The Hall–Kier alpha value is -2.04. The summed E-state index contributed by atoms with van der Waals surface area (Å²) in [5.74, 6) is 0.278. The van der Waals surface area contributed by atoms with Crippen molar-refractivity contribution in [1.29, 1.82) is 0 Å². The van der Waals surface area contributed by atoms with Gasteiger partial charge in [0.15, 0.2) is 0 Å². The van der Waals surface area contributed by atoms with Gasteiger partial charge >= 0.3 is 0 Å². The van der Waals surface area contributed by atoms with Crippen LogP contribution in [0.15, 0.2) is 42.5 Å². The highest BCUT2D eigenvalue weighted by Crippen LogP contribution is 2.22. The van der Waals surface area contributed by atoms with Crippen LogP contribution in [0.2, 0.25) is 5.02 Å². The Kier molecular flexibility index (Phi) is 5.81. The van der Waals surface area contributed by atoms with Gasteiger partial charge in [-0.05, 0) is 35.7 Å². The average molecular weight is 320 g/mol. The lowest BCUT2D eigenvalue weighted by Gasteiger charge is -2.10. The monoisotopic (exact) mass is 319 g/mol. The second-order valence-electron chi connectivity index (χ2n) is 4.83. The lowest BCUT2D eigenvalue weighted by molar-refractivity contribution is 0.0951. The molecule has 0 aliphatic heterocycles. The lowest BCUT2D eigenvalue weighted by Crippen LogP contribution is -2.26. The quantitative estimate of drug-likeness (QED) is 0.860. The molecule has 0 aromatic heterocycles. The van der Waals surface area contributed by atoms with Gasteiger partial charge in [-0.2, -0.15) is 0 Å². The molecule has 4 nitrogen and oxygen atoms in total. The highest BCUT2D eigenvalue weighted by atomic mass is 35.5. The third-order valence-corrected chi connectivity index (χ3v) is 3.55. The second-order valence-corrected chi connectivity index (χ2v) is 5.26. The predicted octanol–water partition coefficient (Wildman–Crippen LogP) is 2.81. The SMILES string of the molecule is COc1ccc(Cl)cc1C(=O)NCCc1ccc(CO)cc1. The fourth-order valence-electron chi connectivity index (χ4n) is 2.08. The third kappa shape index (κ3) is 4.23. The Labute approximate surface area is 134 Å². The summed E-state index contributed by atoms with van der Waals surface area (Å²) in [7, 11) is 1.52. The number of aliphatic hydroxyl groups excluding tert-OH is 1. The maximum Gasteiger partial charge on any atom is 0.255 e. The fraction of sp³-hybridized carbons (Fsp3) is 0.235. The van der Waals surface area contributed by atoms with E-state index in [1.165, 1.54) is 7.11 Å². The van der Waals surface area contributed by atoms with Gasteiger partial charge in [-0.15, -0.1) is 0 Å². The molecule has 22 heavy (non-hydrogen) atoms. The molecule has 2 aromatic carbocycles. The van der Waals surface area contributed by atoms with Crippen molar-refractivity contribution < 1.29 is 14.6 Å². The highest BCUT2D eigenvalue weighted by Gasteiger charge is 2.12. The van der Waals surface area contributed by atoms with Crippen LogP contribution < -0.4 is 10.1 Å². The normalized spacial score (nSPS) is 10.3. The van der Waals surface area contributed by atoms with Gasteiger partial charge in [0.2, 0.25) is 0 Å². The van der Waals surface area contributed by atoms with Crippen LogP contribution in [-0.2, 0) is 13.0 Å². The Morgan fingerprint density at radius 2 is 1.86 bits per heavy atom. The van der Waals surface area contributed by atoms with Crippen molar-refractivity contribution in [3.05, 3.63) is 64.2 Å². The molecule has 0 aliphatic rings. The van der Waals surface area contributed by atoms with Gasteiger partial charge < -0.3 is 15.2 Å². The van der Waals surface area contributed by atoms with E-state index in [1.54, 1.807) is 18.2 Å². The molecule has 0 aliphatic carbocycles. The van der Waals surface area contributed by atoms with Crippen LogP contribution in [0, 0.1) is 0 Å². The smallest absolute Gasteiger partial charge is 0.255 e. The zero-order valence-corrected chi connectivity index (χ0v) is 13.1. The maximum absolute atomic E-state index is 12.2. The zero-order chi connectivity index (χ0) is 15.9. The molecule has 0 radical (unpaired) electrons. The summed E-state index contributed by atoms with van der Waals surface area (Å²) in [5.41, 5.74) is 2.39. The summed E-state index contributed by atoms with van der Waals surface area (Å²) in [6.45, 7) is 0.540. The number of carbonyl (C=O) groups excluding carboxylic acids is 1. The predicted molar refractivity (Wildman–Crippen MR) is 86.4 cm³/mol. The van der Waals surface area contributed by atoms with Gasteiger partial charge in [-0.3, -0.25) is 4.79 Å². The molecule has 2 N–H and O–H groups in total. The topological polar surface area (TPSA) is 58.6 Å². The summed E-state index contributed by atoms with van der Waals surface area (Å²) in [6, 6.07) is 12.6. The Morgan fingerprint density at radius 1 is 1.18 bits per heavy atom. The molecule has 0 heterocycles. The van der Waals surface area contributed by atoms with E-state index < -0.39 is 0 Å². The molecular weight excluding hydrogens is 302 g/mol. The van der Waals surface area contributed by atoms with Crippen molar-refractivity contribution >= 4 is 17.5 Å². The van der Waals surface area contributed by atoms with Crippen molar-refractivity contribution in [1.82, 2.24) is 5.32 Å². The van der Waals surface area contributed by atoms with E-state index in [0.29, 0.717) is 29.3 Å². The van der Waals surface area contributed by atoms with E-state index in [2.05, 4.69) is 5.32 Å². The number of aliphatic hydroxyl groups is 1. The molecule has 0 spiro atoms. The largest absolute Gasteiger partial charge is 0.496 e. The number of benzene rings is 2. The summed E-state index contributed by atoms with van der Waals surface area (Å²) in [4.78, 5) is 12.2. The number of hydrogen-bond acceptors (Lipinski definition) is 3. The average Bonchev–Trinajstić information content (AvgIpc) is 2.55. The van der Waals surface area contributed by atoms with Crippen molar-refractivity contribution in [3.8, 4) is 5.75 Å². The molecule has 2 rings (SSSR count).